The number of hydrazone groups is 1. The molecule has 3 aromatic rings. The highest BCUT2D eigenvalue weighted by Crippen LogP contribution is 2.30. The van der Waals surface area contributed by atoms with Gasteiger partial charge in [0.2, 0.25) is 5.82 Å². The minimum absolute atomic E-state index is 0.0625. The van der Waals surface area contributed by atoms with Gasteiger partial charge in [0.25, 0.3) is 11.5 Å². The van der Waals surface area contributed by atoms with Gasteiger partial charge in [-0.2, -0.15) is 10.1 Å². The van der Waals surface area contributed by atoms with Gasteiger partial charge in [0.05, 0.1) is 11.1 Å². The van der Waals surface area contributed by atoms with E-state index in [-0.39, 0.29) is 17.2 Å². The van der Waals surface area contributed by atoms with Crippen LogP contribution in [0.15, 0.2) is 27.8 Å². The van der Waals surface area contributed by atoms with Gasteiger partial charge in [-0.1, -0.05) is 15.9 Å². The van der Waals surface area contributed by atoms with Gasteiger partial charge in [0.1, 0.15) is 0 Å². The zero-order valence-electron chi connectivity index (χ0n) is 14.0. The molecule has 0 saturated heterocycles. The Labute approximate surface area is 160 Å². The fourth-order valence-electron chi connectivity index (χ4n) is 2.30. The second-order valence-electron chi connectivity index (χ2n) is 5.49. The van der Waals surface area contributed by atoms with Gasteiger partial charge in [-0.3, -0.25) is 14.9 Å². The molecule has 2 aromatic heterocycles. The van der Waals surface area contributed by atoms with Crippen LogP contribution in [0.2, 0.25) is 0 Å². The Hall–Kier alpha value is -3.41. The summed E-state index contributed by atoms with van der Waals surface area (Å²) in [5, 5.41) is 30.6. The smallest absolute Gasteiger partial charge is 0.311 e. The molecule has 0 aliphatic rings. The predicted octanol–water partition coefficient (Wildman–Crippen LogP) is 1.25. The standard InChI is InChI=1S/C15H12BrN7O4/c1-7-3-8(2)22-15(18-7)19-13(21-22)14(25)20-17-6-9-4-10(16)5-11(12(9)24)23(26)27/h3-6,24H,1-2H3,(H,20,25)/p-1/b17-6-. The van der Waals surface area contributed by atoms with E-state index in [0.717, 1.165) is 23.7 Å². The number of benzene rings is 1. The summed E-state index contributed by atoms with van der Waals surface area (Å²) < 4.78 is 1.75. The van der Waals surface area contributed by atoms with Crippen LogP contribution in [0, 0.1) is 24.0 Å². The van der Waals surface area contributed by atoms with Crippen molar-refractivity contribution >= 4 is 39.5 Å². The summed E-state index contributed by atoms with van der Waals surface area (Å²) in [6.07, 6.45) is 1.02. The van der Waals surface area contributed by atoms with Crippen LogP contribution in [0.3, 0.4) is 0 Å². The summed E-state index contributed by atoms with van der Waals surface area (Å²) in [6, 6.07) is 4.23. The molecular weight excluding hydrogens is 422 g/mol. The molecule has 0 spiro atoms. The van der Waals surface area contributed by atoms with Crippen molar-refractivity contribution < 1.29 is 14.8 Å². The van der Waals surface area contributed by atoms with E-state index < -0.39 is 22.3 Å². The molecule has 0 aliphatic carbocycles. The van der Waals surface area contributed by atoms with Crippen molar-refractivity contribution in [2.75, 3.05) is 0 Å². The highest BCUT2D eigenvalue weighted by molar-refractivity contribution is 9.10. The molecule has 0 atom stereocenters. The number of nitro benzene ring substituents is 1. The fourth-order valence-corrected chi connectivity index (χ4v) is 2.77. The second-order valence-corrected chi connectivity index (χ2v) is 6.40. The number of rotatable bonds is 4. The van der Waals surface area contributed by atoms with Crippen molar-refractivity contribution in [3.63, 3.8) is 0 Å². The number of carbonyl (C=O) groups is 1. The van der Waals surface area contributed by atoms with E-state index in [9.17, 15) is 20.0 Å². The van der Waals surface area contributed by atoms with Crippen LogP contribution in [0.5, 0.6) is 5.75 Å². The molecule has 0 unspecified atom stereocenters. The van der Waals surface area contributed by atoms with Crippen LogP contribution in [-0.4, -0.2) is 36.6 Å². The lowest BCUT2D eigenvalue weighted by Crippen LogP contribution is -2.19. The highest BCUT2D eigenvalue weighted by atomic mass is 79.9. The van der Waals surface area contributed by atoms with Gasteiger partial charge in [-0.25, -0.2) is 14.9 Å². The van der Waals surface area contributed by atoms with Crippen LogP contribution in [0.1, 0.15) is 27.6 Å². The third-order valence-corrected chi connectivity index (χ3v) is 3.91. The maximum atomic E-state index is 12.1. The summed E-state index contributed by atoms with van der Waals surface area (Å²) in [4.78, 5) is 30.4. The topological polar surface area (TPSA) is 151 Å². The number of hydrogen-bond acceptors (Lipinski definition) is 8. The maximum Gasteiger partial charge on any atom is 0.311 e. The minimum atomic E-state index is -0.817. The molecule has 11 nitrogen and oxygen atoms in total. The number of halogens is 1. The van der Waals surface area contributed by atoms with E-state index >= 15 is 0 Å². The Morgan fingerprint density at radius 1 is 1.33 bits per heavy atom. The largest absolute Gasteiger partial charge is 0.867 e. The Morgan fingerprint density at radius 3 is 2.78 bits per heavy atom. The van der Waals surface area contributed by atoms with E-state index in [4.69, 9.17) is 0 Å². The first kappa shape index (κ1) is 18.4. The number of amides is 1. The molecule has 1 amide bonds. The molecule has 2 heterocycles. The van der Waals surface area contributed by atoms with Crippen LogP contribution in [0.25, 0.3) is 5.78 Å². The third-order valence-electron chi connectivity index (χ3n) is 3.45. The number of fused-ring (bicyclic) bond motifs is 1. The van der Waals surface area contributed by atoms with Crippen LogP contribution < -0.4 is 10.5 Å². The zero-order valence-corrected chi connectivity index (χ0v) is 15.6. The van der Waals surface area contributed by atoms with E-state index in [0.29, 0.717) is 4.47 Å². The molecule has 0 bridgehead atoms. The normalized spacial score (nSPS) is 11.2. The van der Waals surface area contributed by atoms with E-state index in [2.05, 4.69) is 41.5 Å². The van der Waals surface area contributed by atoms with Crippen LogP contribution in [-0.2, 0) is 0 Å². The van der Waals surface area contributed by atoms with Gasteiger partial charge in [0.15, 0.2) is 0 Å². The minimum Gasteiger partial charge on any atom is -0.867 e. The Bertz CT molecular complexity index is 1110. The molecule has 1 aromatic carbocycles. The third kappa shape index (κ3) is 3.74. The molecule has 27 heavy (non-hydrogen) atoms. The lowest BCUT2D eigenvalue weighted by atomic mass is 10.2. The molecule has 0 fully saturated rings. The molecule has 0 aliphatic heterocycles. The highest BCUT2D eigenvalue weighted by Gasteiger charge is 2.15. The number of carbonyl (C=O) groups excluding carboxylic acids is 1. The van der Waals surface area contributed by atoms with E-state index in [1.165, 1.54) is 10.6 Å². The molecule has 0 radical (unpaired) electrons. The lowest BCUT2D eigenvalue weighted by Gasteiger charge is -2.10. The molecule has 1 N–H and O–H groups in total. The SMILES string of the molecule is Cc1cc(C)n2nc(C(=O)N/N=C\c3cc(Br)cc([N+](=O)[O-])c3[O-])nc2n1. The number of aryl methyl sites for hydroxylation is 2. The summed E-state index contributed by atoms with van der Waals surface area (Å²) in [7, 11) is 0. The van der Waals surface area contributed by atoms with Crippen molar-refractivity contribution in [2.45, 2.75) is 13.8 Å². The zero-order chi connectivity index (χ0) is 19.7. The van der Waals surface area contributed by atoms with Gasteiger partial charge >= 0.3 is 5.91 Å². The number of nitrogens with one attached hydrogen (secondary N) is 1. The fraction of sp³-hybridized carbons (Fsp3) is 0.133. The Balaban J connectivity index is 1.82. The van der Waals surface area contributed by atoms with E-state index in [1.807, 2.05) is 0 Å². The van der Waals surface area contributed by atoms with Gasteiger partial charge < -0.3 is 5.11 Å². The van der Waals surface area contributed by atoms with Crippen molar-refractivity contribution in [2.24, 2.45) is 5.10 Å². The molecule has 12 heteroatoms. The average molecular weight is 433 g/mol. The second kappa shape index (κ2) is 7.07. The number of nitro groups is 1. The Kier molecular flexibility index (Phi) is 4.81. The first-order valence-electron chi connectivity index (χ1n) is 7.45. The summed E-state index contributed by atoms with van der Waals surface area (Å²) in [5.74, 6) is -1.42. The van der Waals surface area contributed by atoms with Crippen molar-refractivity contribution in [3.05, 3.63) is 55.6 Å². The number of nitrogens with zero attached hydrogens (tertiary/aromatic N) is 6. The predicted molar refractivity (Wildman–Crippen MR) is 95.6 cm³/mol. The summed E-state index contributed by atoms with van der Waals surface area (Å²) in [6.45, 7) is 3.59. The molecule has 3 rings (SSSR count). The molecular formula is C15H11BrN7O4-. The van der Waals surface area contributed by atoms with Crippen molar-refractivity contribution in [3.8, 4) is 5.75 Å². The monoisotopic (exact) mass is 432 g/mol. The first-order chi connectivity index (χ1) is 12.8. The number of aromatic nitrogens is 4. The van der Waals surface area contributed by atoms with Gasteiger partial charge in [0, 0.05) is 21.9 Å². The molecule has 138 valence electrons. The van der Waals surface area contributed by atoms with Crippen LogP contribution in [0.4, 0.5) is 5.69 Å². The maximum absolute atomic E-state index is 12.1. The molecule has 0 saturated carbocycles. The van der Waals surface area contributed by atoms with Crippen LogP contribution >= 0.6 is 15.9 Å². The van der Waals surface area contributed by atoms with Crippen molar-refractivity contribution in [1.82, 2.24) is 25.0 Å². The quantitative estimate of drug-likeness (QED) is 0.369. The van der Waals surface area contributed by atoms with Crippen molar-refractivity contribution in [1.29, 1.82) is 0 Å². The van der Waals surface area contributed by atoms with Gasteiger partial charge in [-0.15, -0.1) is 5.10 Å². The lowest BCUT2D eigenvalue weighted by molar-refractivity contribution is -0.398. The first-order valence-corrected chi connectivity index (χ1v) is 8.25. The Morgan fingerprint density at radius 2 is 2.07 bits per heavy atom. The van der Waals surface area contributed by atoms with E-state index in [1.54, 1.807) is 19.9 Å². The average Bonchev–Trinajstić information content (AvgIpc) is 3.01. The summed E-state index contributed by atoms with van der Waals surface area (Å²) in [5.41, 5.74) is 3.00. The number of hydrogen-bond donors (Lipinski definition) is 1. The van der Waals surface area contributed by atoms with Gasteiger partial charge in [-0.05, 0) is 37.3 Å². The summed E-state index contributed by atoms with van der Waals surface area (Å²) >= 11 is 3.08.